The van der Waals surface area contributed by atoms with Gasteiger partial charge in [0.05, 0.1) is 0 Å². The minimum Gasteiger partial charge on any atom is -0.398 e. The molecule has 0 saturated heterocycles. The maximum absolute atomic E-state index is 6.07. The van der Waals surface area contributed by atoms with Crippen LogP contribution in [0.25, 0.3) is 0 Å². The monoisotopic (exact) mass is 238 g/mol. The van der Waals surface area contributed by atoms with Gasteiger partial charge in [0.1, 0.15) is 0 Å². The smallest absolute Gasteiger partial charge is 0.0362 e. The van der Waals surface area contributed by atoms with Crippen molar-refractivity contribution in [1.82, 2.24) is 4.90 Å². The summed E-state index contributed by atoms with van der Waals surface area (Å²) in [4.78, 5) is 2.47. The number of anilines is 1. The molecule has 0 fully saturated rings. The lowest BCUT2D eigenvalue weighted by Gasteiger charge is -2.29. The molecule has 0 aliphatic carbocycles. The quantitative estimate of drug-likeness (QED) is 0.815. The summed E-state index contributed by atoms with van der Waals surface area (Å²) in [5.41, 5.74) is 11.1. The second-order valence-electron chi connectivity index (χ2n) is 4.93. The average molecular weight is 238 g/mol. The minimum absolute atomic E-state index is 0.935. The Hall–Kier alpha value is -1.80. The Balaban J connectivity index is 1.77. The molecule has 3 rings (SSSR count). The Kier molecular flexibility index (Phi) is 3.03. The molecular weight excluding hydrogens is 220 g/mol. The highest BCUT2D eigenvalue weighted by atomic mass is 15.1. The standard InChI is InChI=1S/C16H18N2/c17-16-8-4-7-14-9-10-18(12-15(14)16)11-13-5-2-1-3-6-13/h1-8H,9-12,17H2. The van der Waals surface area contributed by atoms with Crippen molar-refractivity contribution in [3.8, 4) is 0 Å². The van der Waals surface area contributed by atoms with Crippen LogP contribution in [0.3, 0.4) is 0 Å². The molecule has 1 heterocycles. The first-order valence-electron chi connectivity index (χ1n) is 6.45. The summed E-state index contributed by atoms with van der Waals surface area (Å²) in [6.45, 7) is 3.09. The maximum Gasteiger partial charge on any atom is 0.0362 e. The Morgan fingerprint density at radius 2 is 1.83 bits per heavy atom. The van der Waals surface area contributed by atoms with E-state index >= 15 is 0 Å². The van der Waals surface area contributed by atoms with E-state index in [0.717, 1.165) is 31.7 Å². The van der Waals surface area contributed by atoms with Crippen molar-refractivity contribution in [2.45, 2.75) is 19.5 Å². The molecule has 0 saturated carbocycles. The van der Waals surface area contributed by atoms with Gasteiger partial charge in [0.15, 0.2) is 0 Å². The van der Waals surface area contributed by atoms with E-state index in [0.29, 0.717) is 0 Å². The van der Waals surface area contributed by atoms with Gasteiger partial charge in [-0.05, 0) is 29.2 Å². The second-order valence-corrected chi connectivity index (χ2v) is 4.93. The summed E-state index contributed by atoms with van der Waals surface area (Å²) in [6.07, 6.45) is 1.10. The predicted molar refractivity (Wildman–Crippen MR) is 75.1 cm³/mol. The van der Waals surface area contributed by atoms with Gasteiger partial charge in [-0.15, -0.1) is 0 Å². The van der Waals surface area contributed by atoms with Crippen LogP contribution in [0, 0.1) is 0 Å². The third-order valence-electron chi connectivity index (χ3n) is 3.64. The van der Waals surface area contributed by atoms with Gasteiger partial charge < -0.3 is 5.73 Å². The van der Waals surface area contributed by atoms with Gasteiger partial charge >= 0.3 is 0 Å². The largest absolute Gasteiger partial charge is 0.398 e. The van der Waals surface area contributed by atoms with Crippen LogP contribution in [-0.2, 0) is 19.5 Å². The van der Waals surface area contributed by atoms with Crippen LogP contribution in [0.5, 0.6) is 0 Å². The first kappa shape index (κ1) is 11.3. The summed E-state index contributed by atoms with van der Waals surface area (Å²) in [5, 5.41) is 0. The Labute approximate surface area is 108 Å². The molecule has 0 bridgehead atoms. The third-order valence-corrected chi connectivity index (χ3v) is 3.64. The third kappa shape index (κ3) is 2.24. The van der Waals surface area contributed by atoms with Crippen molar-refractivity contribution < 1.29 is 0 Å². The minimum atomic E-state index is 0.935. The zero-order valence-electron chi connectivity index (χ0n) is 10.5. The van der Waals surface area contributed by atoms with Crippen molar-refractivity contribution in [3.05, 3.63) is 65.2 Å². The molecule has 0 amide bonds. The Morgan fingerprint density at radius 1 is 1.00 bits per heavy atom. The van der Waals surface area contributed by atoms with E-state index in [1.165, 1.54) is 16.7 Å². The average Bonchev–Trinajstić information content (AvgIpc) is 2.41. The van der Waals surface area contributed by atoms with E-state index in [-0.39, 0.29) is 0 Å². The fourth-order valence-electron chi connectivity index (χ4n) is 2.64. The van der Waals surface area contributed by atoms with Crippen molar-refractivity contribution in [2.75, 3.05) is 12.3 Å². The number of hydrogen-bond donors (Lipinski definition) is 1. The van der Waals surface area contributed by atoms with Gasteiger partial charge in [-0.25, -0.2) is 0 Å². The van der Waals surface area contributed by atoms with Crippen LogP contribution in [0.15, 0.2) is 48.5 Å². The van der Waals surface area contributed by atoms with Gasteiger partial charge in [-0.3, -0.25) is 4.90 Å². The van der Waals surface area contributed by atoms with Crippen LogP contribution in [0.4, 0.5) is 5.69 Å². The molecule has 0 atom stereocenters. The van der Waals surface area contributed by atoms with E-state index in [1.807, 2.05) is 6.07 Å². The lowest BCUT2D eigenvalue weighted by atomic mass is 9.98. The molecule has 2 N–H and O–H groups in total. The van der Waals surface area contributed by atoms with Crippen LogP contribution in [0.2, 0.25) is 0 Å². The SMILES string of the molecule is Nc1cccc2c1CN(Cc1ccccc1)CC2. The lowest BCUT2D eigenvalue weighted by Crippen LogP contribution is -2.30. The fourth-order valence-corrected chi connectivity index (χ4v) is 2.64. The molecule has 92 valence electrons. The van der Waals surface area contributed by atoms with E-state index in [2.05, 4.69) is 47.4 Å². The van der Waals surface area contributed by atoms with Crippen molar-refractivity contribution in [3.63, 3.8) is 0 Å². The number of hydrogen-bond acceptors (Lipinski definition) is 2. The first-order chi connectivity index (χ1) is 8.83. The number of nitrogens with zero attached hydrogens (tertiary/aromatic N) is 1. The summed E-state index contributed by atoms with van der Waals surface area (Å²) < 4.78 is 0. The number of benzene rings is 2. The second kappa shape index (κ2) is 4.83. The highest BCUT2D eigenvalue weighted by molar-refractivity contribution is 5.51. The van der Waals surface area contributed by atoms with Crippen molar-refractivity contribution >= 4 is 5.69 Å². The molecule has 0 radical (unpaired) electrons. The van der Waals surface area contributed by atoms with E-state index < -0.39 is 0 Å². The summed E-state index contributed by atoms with van der Waals surface area (Å²) in [7, 11) is 0. The van der Waals surface area contributed by atoms with Crippen LogP contribution in [0.1, 0.15) is 16.7 Å². The first-order valence-corrected chi connectivity index (χ1v) is 6.45. The van der Waals surface area contributed by atoms with Gasteiger partial charge in [0.2, 0.25) is 0 Å². The molecule has 0 aromatic heterocycles. The van der Waals surface area contributed by atoms with Crippen LogP contribution < -0.4 is 5.73 Å². The summed E-state index contributed by atoms with van der Waals surface area (Å²) in [5.74, 6) is 0. The molecule has 2 nitrogen and oxygen atoms in total. The Bertz CT molecular complexity index is 534. The van der Waals surface area contributed by atoms with Gasteiger partial charge in [-0.2, -0.15) is 0 Å². The van der Waals surface area contributed by atoms with Crippen molar-refractivity contribution in [1.29, 1.82) is 0 Å². The lowest BCUT2D eigenvalue weighted by molar-refractivity contribution is 0.246. The van der Waals surface area contributed by atoms with Crippen molar-refractivity contribution in [2.24, 2.45) is 0 Å². The van der Waals surface area contributed by atoms with E-state index in [4.69, 9.17) is 5.73 Å². The molecule has 0 unspecified atom stereocenters. The number of fused-ring (bicyclic) bond motifs is 1. The molecule has 2 aromatic rings. The summed E-state index contributed by atoms with van der Waals surface area (Å²) >= 11 is 0. The maximum atomic E-state index is 6.07. The Morgan fingerprint density at radius 3 is 2.67 bits per heavy atom. The number of nitrogen functional groups attached to an aromatic ring is 1. The molecule has 1 aliphatic rings. The van der Waals surface area contributed by atoms with Gasteiger partial charge in [0, 0.05) is 25.3 Å². The normalized spacial score (nSPS) is 15.3. The topological polar surface area (TPSA) is 29.3 Å². The highest BCUT2D eigenvalue weighted by Crippen LogP contribution is 2.25. The van der Waals surface area contributed by atoms with E-state index in [9.17, 15) is 0 Å². The van der Waals surface area contributed by atoms with Gasteiger partial charge in [-0.1, -0.05) is 42.5 Å². The zero-order valence-corrected chi connectivity index (χ0v) is 10.5. The number of nitrogens with two attached hydrogens (primary N) is 1. The molecular formula is C16H18N2. The van der Waals surface area contributed by atoms with E-state index in [1.54, 1.807) is 0 Å². The van der Waals surface area contributed by atoms with Crippen LogP contribution >= 0.6 is 0 Å². The molecule has 1 aliphatic heterocycles. The molecule has 2 aromatic carbocycles. The molecule has 2 heteroatoms. The summed E-state index contributed by atoms with van der Waals surface area (Å²) in [6, 6.07) is 16.9. The fraction of sp³-hybridized carbons (Fsp3) is 0.250. The zero-order chi connectivity index (χ0) is 12.4. The molecule has 0 spiro atoms. The molecule has 18 heavy (non-hydrogen) atoms. The predicted octanol–water partition coefficient (Wildman–Crippen LogP) is 2.83. The van der Waals surface area contributed by atoms with Gasteiger partial charge in [0.25, 0.3) is 0 Å². The highest BCUT2D eigenvalue weighted by Gasteiger charge is 2.17. The number of rotatable bonds is 2. The van der Waals surface area contributed by atoms with Crippen LogP contribution in [-0.4, -0.2) is 11.4 Å².